The standard InChI is InChI=1S/C27H25FN4O/c28-22-5-7-23(8-6-22)32-25-14-21-9-11-26(33,12-10-24-18(16-29)2-1-13-30-24)27(21,20-3-4-20)15-19(25)17-31-32/h1-2,5-8,13-14,17,20,33H,3-4,9-12,15H2/t26-,27-/m1/s1. The second kappa shape index (κ2) is 7.36. The minimum Gasteiger partial charge on any atom is -0.389 e. The van der Waals surface area contributed by atoms with E-state index in [0.717, 1.165) is 54.7 Å². The fourth-order valence-corrected chi connectivity index (χ4v) is 6.28. The van der Waals surface area contributed by atoms with Crippen molar-refractivity contribution in [3.05, 3.63) is 82.7 Å². The molecule has 166 valence electrons. The number of fused-ring (bicyclic) bond motifs is 2. The third kappa shape index (κ3) is 3.07. The molecule has 3 aromatic rings. The van der Waals surface area contributed by atoms with Crippen molar-refractivity contribution in [3.8, 4) is 11.8 Å². The second-order valence-corrected chi connectivity index (χ2v) is 9.68. The fraction of sp³-hybridized carbons (Fsp3) is 0.370. The Hall–Kier alpha value is -3.30. The van der Waals surface area contributed by atoms with E-state index >= 15 is 0 Å². The molecule has 5 nitrogen and oxygen atoms in total. The molecule has 3 aliphatic carbocycles. The van der Waals surface area contributed by atoms with Crippen LogP contribution in [0, 0.1) is 28.5 Å². The molecule has 0 bridgehead atoms. The van der Waals surface area contributed by atoms with Gasteiger partial charge >= 0.3 is 0 Å². The normalized spacial score (nSPS) is 25.8. The molecule has 0 amide bonds. The zero-order valence-electron chi connectivity index (χ0n) is 18.3. The van der Waals surface area contributed by atoms with E-state index < -0.39 is 5.60 Å². The van der Waals surface area contributed by atoms with Gasteiger partial charge in [-0.25, -0.2) is 9.07 Å². The van der Waals surface area contributed by atoms with Crippen LogP contribution in [0.15, 0.2) is 54.4 Å². The molecule has 0 spiro atoms. The highest BCUT2D eigenvalue weighted by atomic mass is 19.1. The summed E-state index contributed by atoms with van der Waals surface area (Å²) in [5.41, 5.74) is 4.54. The Bertz CT molecular complexity index is 1300. The maximum atomic E-state index is 13.4. The van der Waals surface area contributed by atoms with Gasteiger partial charge in [-0.3, -0.25) is 4.98 Å². The van der Waals surface area contributed by atoms with Gasteiger partial charge in [0.25, 0.3) is 0 Å². The lowest BCUT2D eigenvalue weighted by Crippen LogP contribution is -2.49. The van der Waals surface area contributed by atoms with Crippen molar-refractivity contribution < 1.29 is 9.50 Å². The van der Waals surface area contributed by atoms with Gasteiger partial charge in [0, 0.05) is 11.6 Å². The van der Waals surface area contributed by atoms with Gasteiger partial charge in [-0.05, 0) is 98.9 Å². The number of pyridine rings is 1. The number of nitrogens with zero attached hydrogens (tertiary/aromatic N) is 4. The van der Waals surface area contributed by atoms with Crippen molar-refractivity contribution in [3.63, 3.8) is 0 Å². The first-order valence-electron chi connectivity index (χ1n) is 11.6. The minimum atomic E-state index is -0.833. The summed E-state index contributed by atoms with van der Waals surface area (Å²) in [6.45, 7) is 0. The Kier molecular flexibility index (Phi) is 4.53. The fourth-order valence-electron chi connectivity index (χ4n) is 6.28. The summed E-state index contributed by atoms with van der Waals surface area (Å²) in [5, 5.41) is 26.2. The molecule has 0 unspecified atom stereocenters. The van der Waals surface area contributed by atoms with Crippen molar-refractivity contribution in [2.75, 3.05) is 0 Å². The number of hydrogen-bond acceptors (Lipinski definition) is 4. The molecule has 2 aromatic heterocycles. The summed E-state index contributed by atoms with van der Waals surface area (Å²) in [6, 6.07) is 12.2. The lowest BCUT2D eigenvalue weighted by Gasteiger charge is -2.46. The van der Waals surface area contributed by atoms with Gasteiger partial charge in [-0.15, -0.1) is 0 Å². The molecule has 0 saturated heterocycles. The molecular formula is C27H25FN4O. The van der Waals surface area contributed by atoms with Crippen LogP contribution in [0.2, 0.25) is 0 Å². The lowest BCUT2D eigenvalue weighted by atomic mass is 9.61. The van der Waals surface area contributed by atoms with Crippen LogP contribution in [0.4, 0.5) is 4.39 Å². The van der Waals surface area contributed by atoms with Gasteiger partial charge < -0.3 is 5.11 Å². The summed E-state index contributed by atoms with van der Waals surface area (Å²) in [4.78, 5) is 4.42. The van der Waals surface area contributed by atoms with Gasteiger partial charge in [0.2, 0.25) is 0 Å². The maximum absolute atomic E-state index is 13.4. The number of aliphatic hydroxyl groups is 1. The Morgan fingerprint density at radius 2 is 2.03 bits per heavy atom. The first-order valence-corrected chi connectivity index (χ1v) is 11.6. The second-order valence-electron chi connectivity index (χ2n) is 9.68. The van der Waals surface area contributed by atoms with Crippen LogP contribution in [0.1, 0.15) is 54.6 Å². The van der Waals surface area contributed by atoms with Crippen molar-refractivity contribution in [2.24, 2.45) is 11.3 Å². The highest BCUT2D eigenvalue weighted by molar-refractivity contribution is 5.63. The van der Waals surface area contributed by atoms with E-state index in [9.17, 15) is 14.8 Å². The van der Waals surface area contributed by atoms with E-state index in [1.807, 2.05) is 10.9 Å². The molecule has 3 aliphatic rings. The first kappa shape index (κ1) is 20.3. The third-order valence-corrected chi connectivity index (χ3v) is 8.01. The molecule has 1 aromatic carbocycles. The molecule has 2 atom stereocenters. The van der Waals surface area contributed by atoms with Crippen LogP contribution in [-0.2, 0) is 12.8 Å². The number of benzene rings is 1. The van der Waals surface area contributed by atoms with Crippen LogP contribution in [0.5, 0.6) is 0 Å². The Morgan fingerprint density at radius 3 is 2.79 bits per heavy atom. The smallest absolute Gasteiger partial charge is 0.123 e. The number of halogens is 1. The Labute approximate surface area is 192 Å². The average molecular weight is 441 g/mol. The number of aromatic nitrogens is 3. The quantitative estimate of drug-likeness (QED) is 0.620. The predicted molar refractivity (Wildman–Crippen MR) is 122 cm³/mol. The predicted octanol–water partition coefficient (Wildman–Crippen LogP) is 4.77. The van der Waals surface area contributed by atoms with Crippen LogP contribution < -0.4 is 0 Å². The van der Waals surface area contributed by atoms with Gasteiger partial charge in [0.1, 0.15) is 11.9 Å². The van der Waals surface area contributed by atoms with E-state index in [4.69, 9.17) is 0 Å². The summed E-state index contributed by atoms with van der Waals surface area (Å²) in [5.74, 6) is 0.205. The maximum Gasteiger partial charge on any atom is 0.123 e. The molecule has 2 fully saturated rings. The third-order valence-electron chi connectivity index (χ3n) is 8.01. The largest absolute Gasteiger partial charge is 0.389 e. The molecule has 1 N–H and O–H groups in total. The van der Waals surface area contributed by atoms with E-state index in [0.29, 0.717) is 24.3 Å². The van der Waals surface area contributed by atoms with Crippen molar-refractivity contribution >= 4 is 6.08 Å². The summed E-state index contributed by atoms with van der Waals surface area (Å²) >= 11 is 0. The van der Waals surface area contributed by atoms with Crippen molar-refractivity contribution in [1.29, 1.82) is 5.26 Å². The Morgan fingerprint density at radius 1 is 1.21 bits per heavy atom. The van der Waals surface area contributed by atoms with Crippen molar-refractivity contribution in [1.82, 2.24) is 14.8 Å². The summed E-state index contributed by atoms with van der Waals surface area (Å²) in [6.07, 6.45) is 11.6. The number of nitriles is 1. The van der Waals surface area contributed by atoms with Gasteiger partial charge in [-0.2, -0.15) is 10.4 Å². The minimum absolute atomic E-state index is 0.265. The summed E-state index contributed by atoms with van der Waals surface area (Å²) in [7, 11) is 0. The van der Waals surface area contributed by atoms with Gasteiger partial charge in [-0.1, -0.05) is 5.57 Å². The number of aryl methyl sites for hydroxylation is 1. The monoisotopic (exact) mass is 440 g/mol. The van der Waals surface area contributed by atoms with Crippen molar-refractivity contribution in [2.45, 2.75) is 50.5 Å². The topological polar surface area (TPSA) is 74.7 Å². The van der Waals surface area contributed by atoms with Crippen LogP contribution in [0.3, 0.4) is 0 Å². The number of hydrogen-bond donors (Lipinski definition) is 1. The highest BCUT2D eigenvalue weighted by Gasteiger charge is 2.63. The molecule has 6 heteroatoms. The lowest BCUT2D eigenvalue weighted by molar-refractivity contribution is -0.0662. The van der Waals surface area contributed by atoms with Crippen LogP contribution >= 0.6 is 0 Å². The SMILES string of the molecule is N#Cc1cccnc1CC[C@]1(O)CCC2=Cc3c(cnn3-c3ccc(F)cc3)C[C@@]21C1CC1. The van der Waals surface area contributed by atoms with Crippen LogP contribution in [-0.4, -0.2) is 25.5 Å². The summed E-state index contributed by atoms with van der Waals surface area (Å²) < 4.78 is 15.3. The van der Waals surface area contributed by atoms with E-state index in [1.54, 1.807) is 30.5 Å². The van der Waals surface area contributed by atoms with E-state index in [2.05, 4.69) is 22.2 Å². The molecule has 0 radical (unpaired) electrons. The van der Waals surface area contributed by atoms with Gasteiger partial charge in [0.05, 0.1) is 34.4 Å². The Balaban J connectivity index is 1.36. The zero-order valence-corrected chi connectivity index (χ0v) is 18.3. The average Bonchev–Trinajstić information content (AvgIpc) is 3.56. The zero-order chi connectivity index (χ0) is 22.6. The molecule has 2 saturated carbocycles. The molecular weight excluding hydrogens is 415 g/mol. The van der Waals surface area contributed by atoms with E-state index in [1.165, 1.54) is 17.7 Å². The molecule has 6 rings (SSSR count). The number of rotatable bonds is 5. The molecule has 2 heterocycles. The highest BCUT2D eigenvalue weighted by Crippen LogP contribution is 2.66. The first-order chi connectivity index (χ1) is 16.0. The van der Waals surface area contributed by atoms with E-state index in [-0.39, 0.29) is 11.2 Å². The molecule has 33 heavy (non-hydrogen) atoms. The molecule has 0 aliphatic heterocycles. The van der Waals surface area contributed by atoms with Gasteiger partial charge in [0.15, 0.2) is 0 Å². The van der Waals surface area contributed by atoms with Crippen LogP contribution in [0.25, 0.3) is 11.8 Å².